The number of hydrogen-bond donors (Lipinski definition) is 0. The average Bonchev–Trinajstić information content (AvgIpc) is 2.51. The molecule has 0 aromatic rings. The second-order valence-electron chi connectivity index (χ2n) is 6.78. The first kappa shape index (κ1) is 13.1. The zero-order valence-electron chi connectivity index (χ0n) is 11.6. The third-order valence-electron chi connectivity index (χ3n) is 4.44. The van der Waals surface area contributed by atoms with Gasteiger partial charge in [0.05, 0.1) is 17.9 Å². The summed E-state index contributed by atoms with van der Waals surface area (Å²) in [6.45, 7) is 7.65. The molecule has 3 nitrogen and oxygen atoms in total. The fourth-order valence-electron chi connectivity index (χ4n) is 3.31. The van der Waals surface area contributed by atoms with E-state index in [9.17, 15) is 10.1 Å². The Hall–Kier alpha value is -1.30. The highest BCUT2D eigenvalue weighted by Crippen LogP contribution is 2.66. The molecule has 2 rings (SSSR count). The number of hydrogen-bond acceptors (Lipinski definition) is 3. The van der Waals surface area contributed by atoms with Crippen LogP contribution < -0.4 is 0 Å². The van der Waals surface area contributed by atoms with Crippen molar-refractivity contribution in [2.75, 3.05) is 0 Å². The summed E-state index contributed by atoms with van der Waals surface area (Å²) in [6, 6.07) is 2.39. The maximum Gasteiger partial charge on any atom is 0.307 e. The molecule has 0 aromatic heterocycles. The van der Waals surface area contributed by atoms with E-state index >= 15 is 0 Å². The van der Waals surface area contributed by atoms with Crippen molar-refractivity contribution in [2.45, 2.75) is 52.6 Å². The molecular formula is C15H21NO2. The Morgan fingerprint density at radius 2 is 2.22 bits per heavy atom. The third kappa shape index (κ3) is 1.84. The molecule has 3 heteroatoms. The van der Waals surface area contributed by atoms with Crippen LogP contribution in [0.25, 0.3) is 0 Å². The van der Waals surface area contributed by atoms with Gasteiger partial charge < -0.3 is 4.74 Å². The smallest absolute Gasteiger partial charge is 0.307 e. The zero-order chi connectivity index (χ0) is 13.6. The Morgan fingerprint density at radius 1 is 1.56 bits per heavy atom. The number of carbonyl (C=O) groups is 1. The molecule has 0 N–H and O–H groups in total. The minimum atomic E-state index is -0.562. The van der Waals surface area contributed by atoms with Gasteiger partial charge in [-0.1, -0.05) is 19.1 Å². The minimum absolute atomic E-state index is 0.140. The normalized spacial score (nSPS) is 37.6. The number of ether oxygens (including phenoxy) is 1. The number of allylic oxidation sites excluding steroid dienone is 2. The maximum atomic E-state index is 12.0. The van der Waals surface area contributed by atoms with Gasteiger partial charge in [0.25, 0.3) is 0 Å². The lowest BCUT2D eigenvalue weighted by atomic mass is 9.45. The lowest BCUT2D eigenvalue weighted by molar-refractivity contribution is -0.163. The monoisotopic (exact) mass is 247 g/mol. The summed E-state index contributed by atoms with van der Waals surface area (Å²) in [5.41, 5.74) is -1.19. The van der Waals surface area contributed by atoms with Crippen molar-refractivity contribution in [3.05, 3.63) is 12.2 Å². The van der Waals surface area contributed by atoms with E-state index in [4.69, 9.17) is 4.74 Å². The van der Waals surface area contributed by atoms with Crippen LogP contribution in [0, 0.1) is 28.1 Å². The summed E-state index contributed by atoms with van der Waals surface area (Å²) in [6.07, 6.45) is 6.31. The average molecular weight is 247 g/mol. The molecule has 1 fully saturated rings. The molecule has 0 bridgehead atoms. The van der Waals surface area contributed by atoms with Crippen LogP contribution in [-0.4, -0.2) is 11.6 Å². The number of nitriles is 1. The van der Waals surface area contributed by atoms with Crippen LogP contribution in [0.4, 0.5) is 0 Å². The molecule has 2 aliphatic carbocycles. The fourth-order valence-corrected chi connectivity index (χ4v) is 3.31. The summed E-state index contributed by atoms with van der Waals surface area (Å²) in [5, 5.41) is 9.50. The van der Waals surface area contributed by atoms with Crippen LogP contribution >= 0.6 is 0 Å². The van der Waals surface area contributed by atoms with Crippen LogP contribution in [0.5, 0.6) is 0 Å². The molecule has 0 aromatic carbocycles. The Morgan fingerprint density at radius 3 is 2.72 bits per heavy atom. The van der Waals surface area contributed by atoms with E-state index < -0.39 is 11.0 Å². The Kier molecular flexibility index (Phi) is 2.81. The van der Waals surface area contributed by atoms with Gasteiger partial charge >= 0.3 is 5.97 Å². The van der Waals surface area contributed by atoms with Gasteiger partial charge in [-0.05, 0) is 39.5 Å². The van der Waals surface area contributed by atoms with Crippen molar-refractivity contribution >= 4 is 5.97 Å². The van der Waals surface area contributed by atoms with Crippen molar-refractivity contribution in [3.63, 3.8) is 0 Å². The highest BCUT2D eigenvalue weighted by molar-refractivity contribution is 5.72. The fraction of sp³-hybridized carbons (Fsp3) is 0.733. The summed E-state index contributed by atoms with van der Waals surface area (Å²) < 4.78 is 5.35. The Labute approximate surface area is 109 Å². The van der Waals surface area contributed by atoms with Crippen LogP contribution in [0.2, 0.25) is 0 Å². The van der Waals surface area contributed by atoms with E-state index in [0.717, 1.165) is 12.8 Å². The number of carbonyl (C=O) groups excluding carboxylic acids is 1. The largest absolute Gasteiger partial charge is 0.460 e. The van der Waals surface area contributed by atoms with E-state index in [1.54, 1.807) is 0 Å². The van der Waals surface area contributed by atoms with Gasteiger partial charge in [-0.25, -0.2) is 0 Å². The summed E-state index contributed by atoms with van der Waals surface area (Å²) in [5.74, 6) is 0.267. The standard InChI is InChI=1S/C15H21NO2/c1-13(2,3)18-12(17)9-15(10-16)8-11-6-5-7-14(11,15)4/h5,7,11H,6,8-9H2,1-4H3/t11-,14-,15-/m0/s1. The number of esters is 1. The summed E-state index contributed by atoms with van der Waals surface area (Å²) in [7, 11) is 0. The molecule has 0 radical (unpaired) electrons. The van der Waals surface area contributed by atoms with E-state index in [-0.39, 0.29) is 17.8 Å². The lowest BCUT2D eigenvalue weighted by Gasteiger charge is -2.56. The molecular weight excluding hydrogens is 226 g/mol. The van der Waals surface area contributed by atoms with Crippen LogP contribution in [-0.2, 0) is 9.53 Å². The van der Waals surface area contributed by atoms with Crippen LogP contribution in [0.1, 0.15) is 47.0 Å². The van der Waals surface area contributed by atoms with E-state index in [1.807, 2.05) is 20.8 Å². The molecule has 0 aliphatic heterocycles. The Balaban J connectivity index is 2.10. The topological polar surface area (TPSA) is 50.1 Å². The second kappa shape index (κ2) is 3.85. The van der Waals surface area contributed by atoms with Gasteiger partial charge in [0.1, 0.15) is 5.60 Å². The molecule has 18 heavy (non-hydrogen) atoms. The van der Waals surface area contributed by atoms with Gasteiger partial charge in [-0.3, -0.25) is 4.79 Å². The quantitative estimate of drug-likeness (QED) is 0.556. The van der Waals surface area contributed by atoms with E-state index in [2.05, 4.69) is 25.1 Å². The molecule has 2 aliphatic rings. The summed E-state index contributed by atoms with van der Waals surface area (Å²) in [4.78, 5) is 12.0. The highest BCUT2D eigenvalue weighted by Gasteiger charge is 2.63. The second-order valence-corrected chi connectivity index (χ2v) is 6.78. The molecule has 98 valence electrons. The molecule has 0 amide bonds. The first-order valence-electron chi connectivity index (χ1n) is 6.53. The maximum absolute atomic E-state index is 12.0. The third-order valence-corrected chi connectivity index (χ3v) is 4.44. The Bertz CT molecular complexity index is 440. The minimum Gasteiger partial charge on any atom is -0.460 e. The number of fused-ring (bicyclic) bond motifs is 1. The van der Waals surface area contributed by atoms with Crippen LogP contribution in [0.15, 0.2) is 12.2 Å². The molecule has 1 saturated carbocycles. The predicted octanol–water partition coefficient (Wildman–Crippen LogP) is 3.21. The predicted molar refractivity (Wildman–Crippen MR) is 68.5 cm³/mol. The van der Waals surface area contributed by atoms with Crippen molar-refractivity contribution < 1.29 is 9.53 Å². The molecule has 0 heterocycles. The molecule has 0 unspecified atom stereocenters. The van der Waals surface area contributed by atoms with Gasteiger partial charge in [0.2, 0.25) is 0 Å². The summed E-state index contributed by atoms with van der Waals surface area (Å²) >= 11 is 0. The number of nitrogens with zero attached hydrogens (tertiary/aromatic N) is 1. The van der Waals surface area contributed by atoms with Crippen molar-refractivity contribution in [1.29, 1.82) is 5.26 Å². The zero-order valence-corrected chi connectivity index (χ0v) is 11.6. The first-order valence-corrected chi connectivity index (χ1v) is 6.53. The molecule has 0 saturated heterocycles. The lowest BCUT2D eigenvalue weighted by Crippen LogP contribution is -2.54. The van der Waals surface area contributed by atoms with Gasteiger partial charge in [0.15, 0.2) is 0 Å². The van der Waals surface area contributed by atoms with Gasteiger partial charge in [-0.15, -0.1) is 0 Å². The van der Waals surface area contributed by atoms with Gasteiger partial charge in [-0.2, -0.15) is 5.26 Å². The molecule has 3 atom stereocenters. The van der Waals surface area contributed by atoms with Gasteiger partial charge in [0, 0.05) is 5.41 Å². The molecule has 0 spiro atoms. The van der Waals surface area contributed by atoms with E-state index in [1.165, 1.54) is 0 Å². The van der Waals surface area contributed by atoms with Crippen molar-refractivity contribution in [2.24, 2.45) is 16.7 Å². The number of rotatable bonds is 2. The highest BCUT2D eigenvalue weighted by atomic mass is 16.6. The van der Waals surface area contributed by atoms with Crippen molar-refractivity contribution in [3.8, 4) is 6.07 Å². The van der Waals surface area contributed by atoms with Crippen LogP contribution in [0.3, 0.4) is 0 Å². The van der Waals surface area contributed by atoms with Crippen molar-refractivity contribution in [1.82, 2.24) is 0 Å². The first-order chi connectivity index (χ1) is 8.22. The SMILES string of the molecule is CC(C)(C)OC(=O)C[C@]1(C#N)C[C@@H]2CC=C[C@@]21C. The van der Waals surface area contributed by atoms with E-state index in [0.29, 0.717) is 5.92 Å².